The molecule has 0 bridgehead atoms. The van der Waals surface area contributed by atoms with E-state index in [9.17, 15) is 0 Å². The number of hydrogen-bond donors (Lipinski definition) is 1. The van der Waals surface area contributed by atoms with Crippen LogP contribution in [0.4, 0.5) is 0 Å². The van der Waals surface area contributed by atoms with Crippen molar-refractivity contribution in [2.24, 2.45) is 10.9 Å². The van der Waals surface area contributed by atoms with Crippen LogP contribution in [0.2, 0.25) is 0 Å². The Labute approximate surface area is 60.6 Å². The smallest absolute Gasteiger partial charge is 0.111 e. The molecule has 1 rings (SSSR count). The van der Waals surface area contributed by atoms with Crippen molar-refractivity contribution in [2.45, 2.75) is 12.5 Å². The average Bonchev–Trinajstić information content (AvgIpc) is 1.83. The van der Waals surface area contributed by atoms with Crippen LogP contribution in [-0.2, 0) is 4.74 Å². The van der Waals surface area contributed by atoms with E-state index in [0.717, 1.165) is 13.2 Å². The second-order valence-corrected chi connectivity index (χ2v) is 2.87. The van der Waals surface area contributed by atoms with Crippen LogP contribution in [0, 0.1) is 0 Å². The van der Waals surface area contributed by atoms with Gasteiger partial charge < -0.3 is 15.5 Å². The maximum atomic E-state index is 5.06. The monoisotopic (exact) mass is 143 g/mol. The van der Waals surface area contributed by atoms with Gasteiger partial charge in [0, 0.05) is 7.05 Å². The van der Waals surface area contributed by atoms with Gasteiger partial charge in [0.15, 0.2) is 0 Å². The molecule has 4 nitrogen and oxygen atoms in total. The first-order valence-electron chi connectivity index (χ1n) is 3.23. The molecule has 0 aromatic carbocycles. The summed E-state index contributed by atoms with van der Waals surface area (Å²) in [5, 5.41) is 3.43. The second kappa shape index (κ2) is 2.46. The minimum atomic E-state index is 0.114. The first kappa shape index (κ1) is 7.34. The molecule has 0 aromatic rings. The first-order valence-corrected chi connectivity index (χ1v) is 3.23. The van der Waals surface area contributed by atoms with E-state index >= 15 is 0 Å². The number of rotatable bonds is 2. The highest BCUT2D eigenvalue weighted by atomic mass is 16.5. The summed E-state index contributed by atoms with van der Waals surface area (Å²) in [6.45, 7) is 3.63. The Morgan fingerprint density at radius 1 is 1.70 bits per heavy atom. The van der Waals surface area contributed by atoms with Crippen molar-refractivity contribution in [3.63, 3.8) is 0 Å². The van der Waals surface area contributed by atoms with Gasteiger partial charge in [-0.25, -0.2) is 0 Å². The van der Waals surface area contributed by atoms with Gasteiger partial charge in [-0.05, 0) is 6.92 Å². The molecule has 4 heteroatoms. The lowest BCUT2D eigenvalue weighted by Crippen LogP contribution is -2.58. The highest BCUT2D eigenvalue weighted by Gasteiger charge is 2.36. The predicted octanol–water partition coefficient (Wildman–Crippen LogP) is -0.391. The summed E-state index contributed by atoms with van der Waals surface area (Å²) >= 11 is 0. The van der Waals surface area contributed by atoms with Gasteiger partial charge in [0.1, 0.15) is 6.34 Å². The zero-order valence-corrected chi connectivity index (χ0v) is 6.37. The zero-order chi connectivity index (χ0) is 7.61. The van der Waals surface area contributed by atoms with E-state index in [4.69, 9.17) is 10.6 Å². The van der Waals surface area contributed by atoms with Gasteiger partial charge in [-0.1, -0.05) is 0 Å². The number of hydrogen-bond acceptors (Lipinski definition) is 3. The lowest BCUT2D eigenvalue weighted by atomic mass is 9.99. The number of nitrogens with zero attached hydrogens (tertiary/aromatic N) is 2. The Bertz CT molecular complexity index is 142. The number of ether oxygens (including phenoxy) is 1. The standard InChI is InChI=1S/C6H13N3O/c1-6(3-10-4-6)9(2)5-8-7/h5H,3-4,7H2,1-2H3/b8-5-. The van der Waals surface area contributed by atoms with E-state index in [2.05, 4.69) is 12.0 Å². The molecule has 2 N–H and O–H groups in total. The maximum Gasteiger partial charge on any atom is 0.111 e. The van der Waals surface area contributed by atoms with Crippen molar-refractivity contribution in [3.05, 3.63) is 0 Å². The Morgan fingerprint density at radius 2 is 2.30 bits per heavy atom. The van der Waals surface area contributed by atoms with E-state index in [1.807, 2.05) is 11.9 Å². The molecule has 1 aliphatic rings. The summed E-state index contributed by atoms with van der Waals surface area (Å²) in [6, 6.07) is 0. The SMILES string of the molecule is CN(/C=N\N)C1(C)COC1. The molecule has 0 aliphatic carbocycles. The number of nitrogens with two attached hydrogens (primary N) is 1. The van der Waals surface area contributed by atoms with Crippen LogP contribution in [0.5, 0.6) is 0 Å². The summed E-state index contributed by atoms with van der Waals surface area (Å²) in [5.74, 6) is 4.99. The molecule has 1 aliphatic heterocycles. The van der Waals surface area contributed by atoms with Crippen LogP contribution in [0.1, 0.15) is 6.92 Å². The third kappa shape index (κ3) is 1.07. The summed E-state index contributed by atoms with van der Waals surface area (Å²) in [5.41, 5.74) is 0.114. The van der Waals surface area contributed by atoms with Gasteiger partial charge in [-0.3, -0.25) is 0 Å². The van der Waals surface area contributed by atoms with Crippen LogP contribution < -0.4 is 5.84 Å². The lowest BCUT2D eigenvalue weighted by Gasteiger charge is -2.44. The van der Waals surface area contributed by atoms with Crippen molar-refractivity contribution in [1.29, 1.82) is 0 Å². The lowest BCUT2D eigenvalue weighted by molar-refractivity contribution is -0.0975. The van der Waals surface area contributed by atoms with Crippen LogP contribution in [0.25, 0.3) is 0 Å². The van der Waals surface area contributed by atoms with Crippen LogP contribution in [0.3, 0.4) is 0 Å². The van der Waals surface area contributed by atoms with Gasteiger partial charge >= 0.3 is 0 Å². The molecule has 0 saturated carbocycles. The van der Waals surface area contributed by atoms with E-state index in [-0.39, 0.29) is 5.54 Å². The molecular formula is C6H13N3O. The molecule has 0 atom stereocenters. The fourth-order valence-corrected chi connectivity index (χ4v) is 0.840. The van der Waals surface area contributed by atoms with Crippen molar-refractivity contribution in [2.75, 3.05) is 20.3 Å². The van der Waals surface area contributed by atoms with E-state index in [1.165, 1.54) is 0 Å². The molecule has 10 heavy (non-hydrogen) atoms. The first-order chi connectivity index (χ1) is 4.69. The molecule has 0 spiro atoms. The van der Waals surface area contributed by atoms with Crippen molar-refractivity contribution < 1.29 is 4.74 Å². The molecule has 1 heterocycles. The second-order valence-electron chi connectivity index (χ2n) is 2.87. The third-order valence-corrected chi connectivity index (χ3v) is 1.92. The topological polar surface area (TPSA) is 50.8 Å². The molecular weight excluding hydrogens is 130 g/mol. The van der Waals surface area contributed by atoms with E-state index < -0.39 is 0 Å². The van der Waals surface area contributed by atoms with E-state index in [0.29, 0.717) is 0 Å². The maximum absolute atomic E-state index is 5.06. The normalized spacial score (nSPS) is 22.6. The highest BCUT2D eigenvalue weighted by Crippen LogP contribution is 2.21. The van der Waals surface area contributed by atoms with E-state index in [1.54, 1.807) is 6.34 Å². The largest absolute Gasteiger partial charge is 0.376 e. The van der Waals surface area contributed by atoms with Crippen molar-refractivity contribution in [3.8, 4) is 0 Å². The zero-order valence-electron chi connectivity index (χ0n) is 6.37. The Kier molecular flexibility index (Phi) is 1.80. The Balaban J connectivity index is 2.46. The quantitative estimate of drug-likeness (QED) is 0.248. The van der Waals surface area contributed by atoms with Gasteiger partial charge in [0.25, 0.3) is 0 Å². The Hall–Kier alpha value is -0.770. The fraction of sp³-hybridized carbons (Fsp3) is 0.833. The number of hydrazone groups is 1. The fourth-order valence-electron chi connectivity index (χ4n) is 0.840. The molecule has 0 amide bonds. The predicted molar refractivity (Wildman–Crippen MR) is 39.7 cm³/mol. The highest BCUT2D eigenvalue weighted by molar-refractivity contribution is 5.55. The minimum Gasteiger partial charge on any atom is -0.376 e. The molecule has 0 aromatic heterocycles. The third-order valence-electron chi connectivity index (χ3n) is 1.92. The van der Waals surface area contributed by atoms with Crippen molar-refractivity contribution >= 4 is 6.34 Å². The summed E-state index contributed by atoms with van der Waals surface area (Å²) < 4.78 is 5.06. The average molecular weight is 143 g/mol. The van der Waals surface area contributed by atoms with Crippen LogP contribution in [-0.4, -0.2) is 37.0 Å². The van der Waals surface area contributed by atoms with Crippen molar-refractivity contribution in [1.82, 2.24) is 4.90 Å². The van der Waals surface area contributed by atoms with Crippen LogP contribution >= 0.6 is 0 Å². The van der Waals surface area contributed by atoms with Crippen LogP contribution in [0.15, 0.2) is 5.10 Å². The molecule has 1 saturated heterocycles. The molecule has 1 fully saturated rings. The summed E-state index contributed by atoms with van der Waals surface area (Å²) in [7, 11) is 1.94. The molecule has 0 unspecified atom stereocenters. The minimum absolute atomic E-state index is 0.114. The van der Waals surface area contributed by atoms with Gasteiger partial charge in [0.05, 0.1) is 18.8 Å². The van der Waals surface area contributed by atoms with Gasteiger partial charge in [-0.2, -0.15) is 5.10 Å². The van der Waals surface area contributed by atoms with Gasteiger partial charge in [-0.15, -0.1) is 0 Å². The van der Waals surface area contributed by atoms with Gasteiger partial charge in [0.2, 0.25) is 0 Å². The number of likely N-dealkylation sites (N-methyl/N-ethyl adjacent to an activating group) is 1. The molecule has 0 radical (unpaired) electrons. The molecule has 58 valence electrons. The summed E-state index contributed by atoms with van der Waals surface area (Å²) in [4.78, 5) is 1.97. The Morgan fingerprint density at radius 3 is 2.60 bits per heavy atom. The summed E-state index contributed by atoms with van der Waals surface area (Å²) in [6.07, 6.45) is 1.61.